The Kier molecular flexibility index (Phi) is 5.82. The largest absolute Gasteiger partial charge is 0.397 e. The number of aliphatic hydroxyl groups excluding tert-OH is 2. The van der Waals surface area contributed by atoms with E-state index in [9.17, 15) is 9.59 Å². The summed E-state index contributed by atoms with van der Waals surface area (Å²) >= 11 is 0. The molecular formula is C8H16N2O4. The van der Waals surface area contributed by atoms with Gasteiger partial charge >= 0.3 is 0 Å². The van der Waals surface area contributed by atoms with Crippen molar-refractivity contribution in [1.82, 2.24) is 4.90 Å². The maximum Gasteiger partial charge on any atom is 0.237 e. The molecule has 1 atom stereocenters. The second kappa shape index (κ2) is 6.33. The van der Waals surface area contributed by atoms with Crippen LogP contribution in [-0.4, -0.2) is 52.7 Å². The van der Waals surface area contributed by atoms with Crippen molar-refractivity contribution in [1.29, 1.82) is 0 Å². The first-order valence-corrected chi connectivity index (χ1v) is 4.36. The number of primary amides is 1. The molecule has 1 rings (SSSR count). The van der Waals surface area contributed by atoms with E-state index in [0.29, 0.717) is 0 Å². The Morgan fingerprint density at radius 1 is 1.71 bits per heavy atom. The van der Waals surface area contributed by atoms with Gasteiger partial charge in [-0.25, -0.2) is 0 Å². The number of nitrogens with two attached hydrogens (primary N) is 1. The highest BCUT2D eigenvalue weighted by Gasteiger charge is 2.28. The van der Waals surface area contributed by atoms with Crippen LogP contribution in [0.1, 0.15) is 13.3 Å². The van der Waals surface area contributed by atoms with Gasteiger partial charge in [-0.2, -0.15) is 0 Å². The number of nitrogens with zero attached hydrogens (tertiary/aromatic N) is 1. The Hall–Kier alpha value is -1.14. The summed E-state index contributed by atoms with van der Waals surface area (Å²) < 4.78 is 0. The lowest BCUT2D eigenvalue weighted by Crippen LogP contribution is -2.35. The molecule has 0 bridgehead atoms. The molecule has 1 heterocycles. The maximum atomic E-state index is 10.9. The average molecular weight is 204 g/mol. The molecule has 1 aliphatic heterocycles. The minimum Gasteiger partial charge on any atom is -0.397 e. The van der Waals surface area contributed by atoms with Crippen LogP contribution in [0.15, 0.2) is 0 Å². The molecule has 1 saturated heterocycles. The molecule has 1 unspecified atom stereocenters. The third-order valence-corrected chi connectivity index (χ3v) is 1.54. The monoisotopic (exact) mass is 204 g/mol. The van der Waals surface area contributed by atoms with E-state index in [1.165, 1.54) is 4.90 Å². The first-order valence-electron chi connectivity index (χ1n) is 4.36. The first-order chi connectivity index (χ1) is 6.51. The van der Waals surface area contributed by atoms with Crippen molar-refractivity contribution in [3.8, 4) is 0 Å². The van der Waals surface area contributed by atoms with Crippen molar-refractivity contribution < 1.29 is 19.8 Å². The highest BCUT2D eigenvalue weighted by atomic mass is 16.3. The molecule has 1 fully saturated rings. The van der Waals surface area contributed by atoms with E-state index in [1.54, 1.807) is 6.92 Å². The van der Waals surface area contributed by atoms with E-state index < -0.39 is 12.0 Å². The summed E-state index contributed by atoms with van der Waals surface area (Å²) in [5.41, 5.74) is 4.87. The van der Waals surface area contributed by atoms with Crippen LogP contribution in [0.25, 0.3) is 0 Å². The van der Waals surface area contributed by atoms with Gasteiger partial charge in [0.2, 0.25) is 11.8 Å². The van der Waals surface area contributed by atoms with Crippen molar-refractivity contribution in [2.75, 3.05) is 19.7 Å². The lowest BCUT2D eigenvalue weighted by molar-refractivity contribution is -0.132. The number of aliphatic hydroxyl groups is 2. The Bertz CT molecular complexity index is 208. The summed E-state index contributed by atoms with van der Waals surface area (Å²) in [7, 11) is 0. The molecular weight excluding hydrogens is 188 g/mol. The molecule has 4 N–H and O–H groups in total. The molecule has 0 aliphatic carbocycles. The van der Waals surface area contributed by atoms with Gasteiger partial charge in [-0.3, -0.25) is 9.59 Å². The van der Waals surface area contributed by atoms with Crippen LogP contribution in [0, 0.1) is 0 Å². The third-order valence-electron chi connectivity index (χ3n) is 1.54. The van der Waals surface area contributed by atoms with Crippen LogP contribution in [0.2, 0.25) is 0 Å². The second-order valence-electron chi connectivity index (χ2n) is 2.91. The standard InChI is InChI=1S/C6H10N2O3.C2H6O/c7-5(10)3-8-2-4(9)1-6(8)11;1-2-3/h4,9H,1-3H2,(H2,7,10);3H,2H2,1H3. The number of likely N-dealkylation sites (tertiary alicyclic amines) is 1. The smallest absolute Gasteiger partial charge is 0.237 e. The summed E-state index contributed by atoms with van der Waals surface area (Å²) in [4.78, 5) is 22.5. The maximum absolute atomic E-state index is 10.9. The fourth-order valence-electron chi connectivity index (χ4n) is 1.09. The van der Waals surface area contributed by atoms with Crippen molar-refractivity contribution in [2.24, 2.45) is 5.73 Å². The van der Waals surface area contributed by atoms with Gasteiger partial charge in [0.25, 0.3) is 0 Å². The van der Waals surface area contributed by atoms with Crippen LogP contribution in [0.5, 0.6) is 0 Å². The van der Waals surface area contributed by atoms with Gasteiger partial charge in [0.15, 0.2) is 0 Å². The molecule has 0 spiro atoms. The van der Waals surface area contributed by atoms with Crippen molar-refractivity contribution in [3.63, 3.8) is 0 Å². The van der Waals surface area contributed by atoms with Crippen LogP contribution in [0.4, 0.5) is 0 Å². The number of carbonyl (C=O) groups is 2. The topological polar surface area (TPSA) is 104 Å². The van der Waals surface area contributed by atoms with Gasteiger partial charge in [0.05, 0.1) is 19.1 Å². The molecule has 6 heteroatoms. The summed E-state index contributed by atoms with van der Waals surface area (Å²) in [5, 5.41) is 16.5. The summed E-state index contributed by atoms with van der Waals surface area (Å²) in [6.07, 6.45) is -0.533. The van der Waals surface area contributed by atoms with E-state index in [0.717, 1.165) is 0 Å². The lowest BCUT2D eigenvalue weighted by Gasteiger charge is -2.11. The molecule has 0 aromatic carbocycles. The van der Waals surface area contributed by atoms with Crippen molar-refractivity contribution >= 4 is 11.8 Å². The zero-order valence-corrected chi connectivity index (χ0v) is 8.14. The first kappa shape index (κ1) is 12.9. The molecule has 0 radical (unpaired) electrons. The fraction of sp³-hybridized carbons (Fsp3) is 0.750. The summed E-state index contributed by atoms with van der Waals surface area (Å²) in [5.74, 6) is -0.760. The van der Waals surface area contributed by atoms with E-state index in [4.69, 9.17) is 15.9 Å². The predicted octanol–water partition coefficient (Wildman–Crippen LogP) is -1.94. The Morgan fingerprint density at radius 3 is 2.50 bits per heavy atom. The SMILES string of the molecule is CCO.NC(=O)CN1CC(O)CC1=O. The van der Waals surface area contributed by atoms with Crippen LogP contribution in [0.3, 0.4) is 0 Å². The number of β-amino-alcohol motifs (C(OH)–C–C–N with tert-alkyl or cyclic N) is 1. The lowest BCUT2D eigenvalue weighted by atomic mass is 10.3. The number of carbonyl (C=O) groups excluding carboxylic acids is 2. The third kappa shape index (κ3) is 4.78. The van der Waals surface area contributed by atoms with Gasteiger partial charge in [0, 0.05) is 13.2 Å². The molecule has 6 nitrogen and oxygen atoms in total. The van der Waals surface area contributed by atoms with Crippen LogP contribution < -0.4 is 5.73 Å². The highest BCUT2D eigenvalue weighted by Crippen LogP contribution is 2.09. The molecule has 0 aromatic heterocycles. The van der Waals surface area contributed by atoms with E-state index in [2.05, 4.69) is 0 Å². The van der Waals surface area contributed by atoms with Crippen LogP contribution in [-0.2, 0) is 9.59 Å². The van der Waals surface area contributed by atoms with Gasteiger partial charge in [-0.15, -0.1) is 0 Å². The normalized spacial score (nSPS) is 20.4. The summed E-state index contributed by atoms with van der Waals surface area (Å²) in [6, 6.07) is 0. The molecule has 1 aliphatic rings. The molecule has 0 aromatic rings. The van der Waals surface area contributed by atoms with E-state index in [1.807, 2.05) is 0 Å². The quantitative estimate of drug-likeness (QED) is 0.487. The summed E-state index contributed by atoms with van der Waals surface area (Å²) in [6.45, 7) is 2.07. The molecule has 14 heavy (non-hydrogen) atoms. The van der Waals surface area contributed by atoms with Crippen molar-refractivity contribution in [2.45, 2.75) is 19.4 Å². The fourth-order valence-corrected chi connectivity index (χ4v) is 1.09. The average Bonchev–Trinajstić information content (AvgIpc) is 2.30. The minimum absolute atomic E-state index is 0.0874. The van der Waals surface area contributed by atoms with Gasteiger partial charge < -0.3 is 20.8 Å². The van der Waals surface area contributed by atoms with Gasteiger partial charge in [0.1, 0.15) is 0 Å². The van der Waals surface area contributed by atoms with E-state index in [-0.39, 0.29) is 32.0 Å². The highest BCUT2D eigenvalue weighted by molar-refractivity contribution is 5.85. The number of rotatable bonds is 2. The van der Waals surface area contributed by atoms with Gasteiger partial charge in [-0.1, -0.05) is 0 Å². The zero-order chi connectivity index (χ0) is 11.1. The van der Waals surface area contributed by atoms with Gasteiger partial charge in [-0.05, 0) is 6.92 Å². The van der Waals surface area contributed by atoms with Crippen molar-refractivity contribution in [3.05, 3.63) is 0 Å². The zero-order valence-electron chi connectivity index (χ0n) is 8.14. The Morgan fingerprint density at radius 2 is 2.21 bits per heavy atom. The molecule has 82 valence electrons. The number of hydrogen-bond donors (Lipinski definition) is 3. The Balaban J connectivity index is 0.000000500. The Labute approximate surface area is 82.3 Å². The number of hydrogen-bond acceptors (Lipinski definition) is 4. The predicted molar refractivity (Wildman–Crippen MR) is 49.2 cm³/mol. The molecule has 0 saturated carbocycles. The number of amides is 2. The molecule has 2 amide bonds. The van der Waals surface area contributed by atoms with Crippen LogP contribution >= 0.6 is 0 Å². The second-order valence-corrected chi connectivity index (χ2v) is 2.91. The van der Waals surface area contributed by atoms with E-state index >= 15 is 0 Å². The minimum atomic E-state index is -0.637.